The highest BCUT2D eigenvalue weighted by molar-refractivity contribution is 9.10. The molecule has 2 nitrogen and oxygen atoms in total. The predicted molar refractivity (Wildman–Crippen MR) is 92.1 cm³/mol. The molecule has 0 amide bonds. The lowest BCUT2D eigenvalue weighted by molar-refractivity contribution is 0.480. The molecule has 2 aromatic rings. The van der Waals surface area contributed by atoms with E-state index in [0.717, 1.165) is 22.5 Å². The van der Waals surface area contributed by atoms with E-state index >= 15 is 0 Å². The average Bonchev–Trinajstić information content (AvgIpc) is 2.42. The van der Waals surface area contributed by atoms with E-state index in [9.17, 15) is 0 Å². The number of rotatable bonds is 4. The fourth-order valence-corrected chi connectivity index (χ4v) is 2.58. The largest absolute Gasteiger partial charge is 0.457 e. The zero-order chi connectivity index (χ0) is 15.5. The third-order valence-electron chi connectivity index (χ3n) is 3.35. The third kappa shape index (κ3) is 4.32. The number of hydrogen-bond donors (Lipinski definition) is 1. The normalized spacial score (nSPS) is 11.5. The molecule has 0 saturated heterocycles. The van der Waals surface area contributed by atoms with Crippen molar-refractivity contribution in [2.75, 3.05) is 7.05 Å². The topological polar surface area (TPSA) is 21.3 Å². The van der Waals surface area contributed by atoms with Gasteiger partial charge in [-0.2, -0.15) is 0 Å². The summed E-state index contributed by atoms with van der Waals surface area (Å²) in [6, 6.07) is 14.4. The first-order valence-electron chi connectivity index (χ1n) is 7.11. The molecule has 2 rings (SSSR count). The second kappa shape index (κ2) is 6.63. The zero-order valence-electron chi connectivity index (χ0n) is 13.0. The van der Waals surface area contributed by atoms with Gasteiger partial charge in [0, 0.05) is 11.0 Å². The minimum absolute atomic E-state index is 0.163. The van der Waals surface area contributed by atoms with Gasteiger partial charge in [0.1, 0.15) is 11.5 Å². The van der Waals surface area contributed by atoms with Crippen LogP contribution in [0, 0.1) is 0 Å². The van der Waals surface area contributed by atoms with E-state index in [1.807, 2.05) is 31.3 Å². The number of ether oxygens (including phenoxy) is 1. The quantitative estimate of drug-likeness (QED) is 0.814. The summed E-state index contributed by atoms with van der Waals surface area (Å²) in [5.41, 5.74) is 2.68. The molecule has 0 aliphatic heterocycles. The van der Waals surface area contributed by atoms with Gasteiger partial charge in [-0.05, 0) is 47.9 Å². The fraction of sp³-hybridized carbons (Fsp3) is 0.333. The SMILES string of the molecule is CNCc1ccc(Oc2ccc(C(C)(C)C)cc2)cc1Br. The lowest BCUT2D eigenvalue weighted by atomic mass is 9.87. The highest BCUT2D eigenvalue weighted by Gasteiger charge is 2.13. The van der Waals surface area contributed by atoms with Gasteiger partial charge in [0.15, 0.2) is 0 Å². The lowest BCUT2D eigenvalue weighted by Crippen LogP contribution is -2.10. The molecular weight excluding hydrogens is 326 g/mol. The Balaban J connectivity index is 2.13. The highest BCUT2D eigenvalue weighted by atomic mass is 79.9. The van der Waals surface area contributed by atoms with E-state index in [2.05, 4.69) is 60.2 Å². The van der Waals surface area contributed by atoms with Gasteiger partial charge < -0.3 is 10.1 Å². The molecule has 0 fully saturated rings. The summed E-state index contributed by atoms with van der Waals surface area (Å²) in [4.78, 5) is 0. The first-order valence-corrected chi connectivity index (χ1v) is 7.91. The van der Waals surface area contributed by atoms with E-state index in [0.29, 0.717) is 0 Å². The van der Waals surface area contributed by atoms with Crippen molar-refractivity contribution < 1.29 is 4.74 Å². The molecule has 1 N–H and O–H groups in total. The van der Waals surface area contributed by atoms with Gasteiger partial charge in [-0.1, -0.05) is 54.9 Å². The number of halogens is 1. The van der Waals surface area contributed by atoms with Crippen LogP contribution in [0.15, 0.2) is 46.9 Å². The van der Waals surface area contributed by atoms with Gasteiger partial charge in [-0.25, -0.2) is 0 Å². The molecule has 0 aliphatic carbocycles. The summed E-state index contributed by atoms with van der Waals surface area (Å²) < 4.78 is 6.97. The molecule has 0 aromatic heterocycles. The first kappa shape index (κ1) is 16.1. The van der Waals surface area contributed by atoms with Crippen LogP contribution < -0.4 is 10.1 Å². The number of benzene rings is 2. The maximum atomic E-state index is 5.91. The minimum atomic E-state index is 0.163. The van der Waals surface area contributed by atoms with Crippen LogP contribution in [-0.4, -0.2) is 7.05 Å². The molecule has 3 heteroatoms. The van der Waals surface area contributed by atoms with Crippen molar-refractivity contribution in [3.05, 3.63) is 58.1 Å². The monoisotopic (exact) mass is 347 g/mol. The summed E-state index contributed by atoms with van der Waals surface area (Å²) in [6.07, 6.45) is 0. The second-order valence-electron chi connectivity index (χ2n) is 6.16. The van der Waals surface area contributed by atoms with E-state index in [-0.39, 0.29) is 5.41 Å². The number of nitrogens with one attached hydrogen (secondary N) is 1. The smallest absolute Gasteiger partial charge is 0.128 e. The molecule has 0 unspecified atom stereocenters. The third-order valence-corrected chi connectivity index (χ3v) is 4.09. The summed E-state index contributed by atoms with van der Waals surface area (Å²) >= 11 is 3.58. The second-order valence-corrected chi connectivity index (χ2v) is 7.01. The van der Waals surface area contributed by atoms with Crippen LogP contribution in [0.4, 0.5) is 0 Å². The molecule has 0 saturated carbocycles. The summed E-state index contributed by atoms with van der Waals surface area (Å²) in [5, 5.41) is 3.14. The van der Waals surface area contributed by atoms with E-state index < -0.39 is 0 Å². The lowest BCUT2D eigenvalue weighted by Gasteiger charge is -2.19. The highest BCUT2D eigenvalue weighted by Crippen LogP contribution is 2.29. The van der Waals surface area contributed by atoms with Crippen molar-refractivity contribution in [2.45, 2.75) is 32.7 Å². The molecule has 0 aliphatic rings. The van der Waals surface area contributed by atoms with Gasteiger partial charge in [0.05, 0.1) is 0 Å². The summed E-state index contributed by atoms with van der Waals surface area (Å²) in [5.74, 6) is 1.70. The maximum Gasteiger partial charge on any atom is 0.128 e. The molecule has 0 bridgehead atoms. The standard InChI is InChI=1S/C18H22BrNO/c1-18(2,3)14-6-9-15(10-7-14)21-16-8-5-13(12-20-4)17(19)11-16/h5-11,20H,12H2,1-4H3. The van der Waals surface area contributed by atoms with Gasteiger partial charge in [-0.3, -0.25) is 0 Å². The van der Waals surface area contributed by atoms with Crippen molar-refractivity contribution in [2.24, 2.45) is 0 Å². The average molecular weight is 348 g/mol. The molecular formula is C18H22BrNO. The maximum absolute atomic E-state index is 5.91. The number of hydrogen-bond acceptors (Lipinski definition) is 2. The Morgan fingerprint density at radius 3 is 2.14 bits per heavy atom. The van der Waals surface area contributed by atoms with Crippen LogP contribution in [0.2, 0.25) is 0 Å². The van der Waals surface area contributed by atoms with Gasteiger partial charge in [-0.15, -0.1) is 0 Å². The Hall–Kier alpha value is -1.32. The molecule has 112 valence electrons. The van der Waals surface area contributed by atoms with Gasteiger partial charge in [0.2, 0.25) is 0 Å². The first-order chi connectivity index (χ1) is 9.90. The Morgan fingerprint density at radius 2 is 1.62 bits per heavy atom. The zero-order valence-corrected chi connectivity index (χ0v) is 14.6. The van der Waals surface area contributed by atoms with Crippen LogP contribution in [0.5, 0.6) is 11.5 Å². The van der Waals surface area contributed by atoms with Crippen molar-refractivity contribution >= 4 is 15.9 Å². The van der Waals surface area contributed by atoms with Crippen LogP contribution in [0.25, 0.3) is 0 Å². The molecule has 0 spiro atoms. The molecule has 21 heavy (non-hydrogen) atoms. The van der Waals surface area contributed by atoms with Crippen LogP contribution >= 0.6 is 15.9 Å². The van der Waals surface area contributed by atoms with Crippen molar-refractivity contribution in [1.82, 2.24) is 5.32 Å². The Morgan fingerprint density at radius 1 is 1.00 bits per heavy atom. The van der Waals surface area contributed by atoms with Gasteiger partial charge >= 0.3 is 0 Å². The van der Waals surface area contributed by atoms with Gasteiger partial charge in [0.25, 0.3) is 0 Å². The Kier molecular flexibility index (Phi) is 5.07. The Labute approximate surface area is 135 Å². The fourth-order valence-electron chi connectivity index (χ4n) is 2.08. The van der Waals surface area contributed by atoms with Crippen LogP contribution in [0.1, 0.15) is 31.9 Å². The van der Waals surface area contributed by atoms with Crippen LogP contribution in [0.3, 0.4) is 0 Å². The predicted octanol–water partition coefficient (Wildman–Crippen LogP) is 5.26. The molecule has 0 atom stereocenters. The van der Waals surface area contributed by atoms with E-state index in [4.69, 9.17) is 4.74 Å². The summed E-state index contributed by atoms with van der Waals surface area (Å²) in [6.45, 7) is 7.46. The molecule has 0 heterocycles. The summed E-state index contributed by atoms with van der Waals surface area (Å²) in [7, 11) is 1.94. The van der Waals surface area contributed by atoms with Crippen molar-refractivity contribution in [3.8, 4) is 11.5 Å². The van der Waals surface area contributed by atoms with Crippen molar-refractivity contribution in [1.29, 1.82) is 0 Å². The van der Waals surface area contributed by atoms with E-state index in [1.54, 1.807) is 0 Å². The Bertz CT molecular complexity index is 600. The van der Waals surface area contributed by atoms with E-state index in [1.165, 1.54) is 11.1 Å². The van der Waals surface area contributed by atoms with Crippen LogP contribution in [-0.2, 0) is 12.0 Å². The van der Waals surface area contributed by atoms with Crippen molar-refractivity contribution in [3.63, 3.8) is 0 Å². The molecule has 2 aromatic carbocycles. The minimum Gasteiger partial charge on any atom is -0.457 e. The molecule has 0 radical (unpaired) electrons.